The van der Waals surface area contributed by atoms with Crippen molar-refractivity contribution in [3.05, 3.63) is 199 Å². The van der Waals surface area contributed by atoms with Crippen molar-refractivity contribution in [1.29, 1.82) is 0 Å². The van der Waals surface area contributed by atoms with Crippen LogP contribution in [0.2, 0.25) is 0 Å². The first-order chi connectivity index (χ1) is 27.3. The lowest BCUT2D eigenvalue weighted by Gasteiger charge is -2.32. The molecular formula is C52H43N. The second-order valence-corrected chi connectivity index (χ2v) is 14.1. The maximum Gasteiger partial charge on any atom is 0.0621 e. The lowest BCUT2D eigenvalue weighted by molar-refractivity contribution is 0.491. The molecular weight excluding hydrogens is 639 g/mol. The van der Waals surface area contributed by atoms with E-state index < -0.39 is 6.85 Å². The number of benzene rings is 8. The molecule has 0 radical (unpaired) electrons. The van der Waals surface area contributed by atoms with Crippen LogP contribution in [0, 0.1) is 6.85 Å². The van der Waals surface area contributed by atoms with Crippen LogP contribution in [0.3, 0.4) is 0 Å². The summed E-state index contributed by atoms with van der Waals surface area (Å²) in [7, 11) is 0. The van der Waals surface area contributed by atoms with Crippen molar-refractivity contribution in [2.45, 2.75) is 39.0 Å². The van der Waals surface area contributed by atoms with Crippen LogP contribution in [0.5, 0.6) is 0 Å². The van der Waals surface area contributed by atoms with Gasteiger partial charge in [-0.25, -0.2) is 0 Å². The first-order valence-corrected chi connectivity index (χ1v) is 18.7. The summed E-state index contributed by atoms with van der Waals surface area (Å²) >= 11 is 0. The summed E-state index contributed by atoms with van der Waals surface area (Å²) in [6.45, 7) is 2.49. The monoisotopic (exact) mass is 684 g/mol. The second kappa shape index (κ2) is 13.4. The number of fused-ring (bicyclic) bond motifs is 4. The van der Waals surface area contributed by atoms with E-state index in [2.05, 4.69) is 176 Å². The third-order valence-corrected chi connectivity index (χ3v) is 11.4. The van der Waals surface area contributed by atoms with E-state index in [0.717, 1.165) is 40.9 Å². The number of aryl methyl sites for hydroxylation is 1. The largest absolute Gasteiger partial charge is 0.309 e. The fraction of sp³-hybridized carbons (Fsp3) is 0.115. The first-order valence-electron chi connectivity index (χ1n) is 20.2. The van der Waals surface area contributed by atoms with Gasteiger partial charge in [0.25, 0.3) is 0 Å². The Balaban J connectivity index is 1.27. The van der Waals surface area contributed by atoms with Crippen LogP contribution >= 0.6 is 0 Å². The minimum Gasteiger partial charge on any atom is -0.309 e. The molecule has 1 aliphatic carbocycles. The quantitative estimate of drug-likeness (QED) is 0.154. The van der Waals surface area contributed by atoms with E-state index in [0.29, 0.717) is 5.56 Å². The second-order valence-electron chi connectivity index (χ2n) is 14.1. The van der Waals surface area contributed by atoms with E-state index in [4.69, 9.17) is 4.11 Å². The van der Waals surface area contributed by atoms with Crippen LogP contribution in [-0.4, -0.2) is 0 Å². The van der Waals surface area contributed by atoms with Crippen LogP contribution in [0.4, 0.5) is 17.1 Å². The fourth-order valence-electron chi connectivity index (χ4n) is 8.79. The standard InChI is InChI=1S/C52H43N/c1-4-52(5-2)48-25-14-13-24-47(48)50-49(52)35-41-19-9-10-23-46(41)51(50)53(42-30-26-37(27-31-42)40-20-15-16-36(3)34-40)43-32-28-39(29-33-43)45-22-12-11-21-44(45)38-17-7-6-8-18-38/h6-35H,4-5H2,1-3H3/i3D3. The van der Waals surface area contributed by atoms with Gasteiger partial charge in [-0.1, -0.05) is 171 Å². The molecule has 256 valence electrons. The summed E-state index contributed by atoms with van der Waals surface area (Å²) in [6, 6.07) is 64.4. The minimum atomic E-state index is -2.17. The summed E-state index contributed by atoms with van der Waals surface area (Å²) in [5.41, 5.74) is 15.5. The highest BCUT2D eigenvalue weighted by atomic mass is 15.1. The Kier molecular flexibility index (Phi) is 7.44. The SMILES string of the molecule is [2H]C([2H])([2H])c1cccc(-c2ccc(N(c3ccc(-c4ccccc4-c4ccccc4)cc3)c3c4c(cc5ccccc35)C(CC)(CC)c3ccccc3-4)cc2)c1. The molecule has 8 aromatic carbocycles. The zero-order chi connectivity index (χ0) is 38.4. The summed E-state index contributed by atoms with van der Waals surface area (Å²) in [5, 5.41) is 2.41. The molecule has 0 bridgehead atoms. The normalized spacial score (nSPS) is 13.8. The zero-order valence-corrected chi connectivity index (χ0v) is 30.2. The van der Waals surface area contributed by atoms with E-state index in [1.807, 2.05) is 12.1 Å². The molecule has 8 aromatic rings. The molecule has 0 fully saturated rings. The van der Waals surface area contributed by atoms with E-state index >= 15 is 0 Å². The highest BCUT2D eigenvalue weighted by molar-refractivity contribution is 6.10. The smallest absolute Gasteiger partial charge is 0.0621 e. The molecule has 0 saturated carbocycles. The molecule has 0 atom stereocenters. The average Bonchev–Trinajstić information content (AvgIpc) is 3.53. The van der Waals surface area contributed by atoms with E-state index in [-0.39, 0.29) is 5.41 Å². The molecule has 0 aliphatic heterocycles. The predicted molar refractivity (Wildman–Crippen MR) is 226 cm³/mol. The van der Waals surface area contributed by atoms with Crippen molar-refractivity contribution in [1.82, 2.24) is 0 Å². The van der Waals surface area contributed by atoms with Gasteiger partial charge in [-0.05, 0) is 105 Å². The summed E-state index contributed by atoms with van der Waals surface area (Å²) < 4.78 is 24.0. The van der Waals surface area contributed by atoms with Crippen LogP contribution in [0.25, 0.3) is 55.3 Å². The molecule has 9 rings (SSSR count). The molecule has 1 nitrogen and oxygen atoms in total. The van der Waals surface area contributed by atoms with Crippen molar-refractivity contribution in [3.8, 4) is 44.5 Å². The van der Waals surface area contributed by atoms with Crippen LogP contribution in [-0.2, 0) is 5.41 Å². The number of nitrogens with zero attached hydrogens (tertiary/aromatic N) is 1. The maximum absolute atomic E-state index is 8.00. The van der Waals surface area contributed by atoms with Gasteiger partial charge >= 0.3 is 0 Å². The van der Waals surface area contributed by atoms with Crippen molar-refractivity contribution < 1.29 is 4.11 Å². The molecule has 1 heteroatoms. The molecule has 0 aromatic heterocycles. The van der Waals surface area contributed by atoms with E-state index in [1.165, 1.54) is 55.4 Å². The highest BCUT2D eigenvalue weighted by Gasteiger charge is 2.43. The Labute approximate surface area is 318 Å². The molecule has 0 saturated heterocycles. The van der Waals surface area contributed by atoms with Gasteiger partial charge < -0.3 is 4.90 Å². The fourth-order valence-corrected chi connectivity index (χ4v) is 8.79. The molecule has 0 spiro atoms. The van der Waals surface area contributed by atoms with Crippen LogP contribution < -0.4 is 4.90 Å². The van der Waals surface area contributed by atoms with Gasteiger partial charge in [-0.15, -0.1) is 0 Å². The van der Waals surface area contributed by atoms with E-state index in [1.54, 1.807) is 12.1 Å². The topological polar surface area (TPSA) is 3.24 Å². The highest BCUT2D eigenvalue weighted by Crippen LogP contribution is 2.59. The minimum absolute atomic E-state index is 0.0982. The Morgan fingerprint density at radius 2 is 1.04 bits per heavy atom. The first kappa shape index (κ1) is 29.4. The van der Waals surface area contributed by atoms with Crippen molar-refractivity contribution in [2.24, 2.45) is 0 Å². The van der Waals surface area contributed by atoms with Gasteiger partial charge in [0.2, 0.25) is 0 Å². The number of anilines is 3. The number of hydrogen-bond donors (Lipinski definition) is 0. The molecule has 0 N–H and O–H groups in total. The van der Waals surface area contributed by atoms with E-state index in [9.17, 15) is 0 Å². The van der Waals surface area contributed by atoms with Crippen molar-refractivity contribution >= 4 is 27.8 Å². The Bertz CT molecular complexity index is 2690. The summed E-state index contributed by atoms with van der Waals surface area (Å²) in [5.74, 6) is 0. The van der Waals surface area contributed by atoms with Crippen molar-refractivity contribution in [2.75, 3.05) is 4.90 Å². The van der Waals surface area contributed by atoms with Gasteiger partial charge in [-0.2, -0.15) is 0 Å². The molecule has 0 amide bonds. The third-order valence-electron chi connectivity index (χ3n) is 11.4. The average molecular weight is 685 g/mol. The third kappa shape index (κ3) is 5.47. The lowest BCUT2D eigenvalue weighted by atomic mass is 9.73. The summed E-state index contributed by atoms with van der Waals surface area (Å²) in [4.78, 5) is 2.44. The molecule has 1 aliphatic rings. The Morgan fingerprint density at radius 1 is 0.472 bits per heavy atom. The van der Waals surface area contributed by atoms with Crippen molar-refractivity contribution in [3.63, 3.8) is 0 Å². The predicted octanol–water partition coefficient (Wildman–Crippen LogP) is 14.7. The lowest BCUT2D eigenvalue weighted by Crippen LogP contribution is -2.23. The van der Waals surface area contributed by atoms with Gasteiger partial charge in [-0.3, -0.25) is 0 Å². The van der Waals surface area contributed by atoms with Crippen LogP contribution in [0.1, 0.15) is 47.5 Å². The summed E-state index contributed by atoms with van der Waals surface area (Å²) in [6.07, 6.45) is 2.01. The van der Waals surface area contributed by atoms with Gasteiger partial charge in [0.15, 0.2) is 0 Å². The number of rotatable bonds is 8. The maximum atomic E-state index is 8.00. The van der Waals surface area contributed by atoms with Gasteiger partial charge in [0.1, 0.15) is 0 Å². The Hall–Kier alpha value is -6.18. The molecule has 0 unspecified atom stereocenters. The molecule has 0 heterocycles. The van der Waals surface area contributed by atoms with Gasteiger partial charge in [0.05, 0.1) is 5.69 Å². The zero-order valence-electron chi connectivity index (χ0n) is 33.2. The van der Waals surface area contributed by atoms with Gasteiger partial charge in [0, 0.05) is 31.9 Å². The number of hydrogen-bond acceptors (Lipinski definition) is 1. The Morgan fingerprint density at radius 3 is 1.72 bits per heavy atom. The molecule has 53 heavy (non-hydrogen) atoms. The van der Waals surface area contributed by atoms with Crippen LogP contribution in [0.15, 0.2) is 182 Å².